The number of allylic oxidation sites excluding steroid dienone is 1. The Morgan fingerprint density at radius 2 is 2.26 bits per heavy atom. The van der Waals surface area contributed by atoms with Gasteiger partial charge >= 0.3 is 5.97 Å². The molecule has 126 valence electrons. The van der Waals surface area contributed by atoms with E-state index in [4.69, 9.17) is 4.18 Å². The minimum atomic E-state index is -0.728. The van der Waals surface area contributed by atoms with Crippen LogP contribution in [0.1, 0.15) is 53.9 Å². The van der Waals surface area contributed by atoms with Crippen molar-refractivity contribution in [2.24, 2.45) is 11.3 Å². The van der Waals surface area contributed by atoms with E-state index in [2.05, 4.69) is 31.7 Å². The van der Waals surface area contributed by atoms with Gasteiger partial charge in [0.15, 0.2) is 0 Å². The van der Waals surface area contributed by atoms with Gasteiger partial charge in [0.2, 0.25) is 0 Å². The van der Waals surface area contributed by atoms with Gasteiger partial charge in [-0.25, -0.2) is 4.98 Å². The van der Waals surface area contributed by atoms with Gasteiger partial charge in [-0.3, -0.25) is 4.79 Å². The van der Waals surface area contributed by atoms with Crippen molar-refractivity contribution in [1.29, 1.82) is 0 Å². The number of thiol groups is 1. The number of aryl methyl sites for hydroxylation is 1. The maximum absolute atomic E-state index is 12.0. The molecule has 2 unspecified atom stereocenters. The van der Waals surface area contributed by atoms with Crippen molar-refractivity contribution in [3.05, 3.63) is 26.1 Å². The highest BCUT2D eigenvalue weighted by atomic mass is 32.2. The van der Waals surface area contributed by atoms with Gasteiger partial charge in [-0.15, -0.1) is 23.1 Å². The SMILES string of the molecule is Cc1nc(COS)c(C2SC3=C(CC(C)(C)CC3)C2C(=O)O)s1. The smallest absolute Gasteiger partial charge is 0.312 e. The molecule has 0 spiro atoms. The van der Waals surface area contributed by atoms with Crippen LogP contribution in [0.3, 0.4) is 0 Å². The summed E-state index contributed by atoms with van der Waals surface area (Å²) in [6.07, 6.45) is 2.98. The zero-order valence-electron chi connectivity index (χ0n) is 13.5. The first-order valence-electron chi connectivity index (χ1n) is 7.66. The summed E-state index contributed by atoms with van der Waals surface area (Å²) in [5.41, 5.74) is 2.14. The number of carbonyl (C=O) groups is 1. The van der Waals surface area contributed by atoms with Crippen LogP contribution in [0.5, 0.6) is 0 Å². The first-order valence-corrected chi connectivity index (χ1v) is 9.72. The van der Waals surface area contributed by atoms with Gasteiger partial charge in [0.1, 0.15) is 6.61 Å². The number of aliphatic carboxylic acids is 1. The van der Waals surface area contributed by atoms with Gasteiger partial charge in [0.25, 0.3) is 0 Å². The molecule has 0 saturated heterocycles. The lowest BCUT2D eigenvalue weighted by Gasteiger charge is -2.31. The Balaban J connectivity index is 1.98. The number of nitrogens with zero attached hydrogens (tertiary/aromatic N) is 1. The second-order valence-corrected chi connectivity index (χ2v) is 9.69. The van der Waals surface area contributed by atoms with Gasteiger partial charge < -0.3 is 9.29 Å². The number of carboxylic acid groups (broad SMARTS) is 1. The average Bonchev–Trinajstić information content (AvgIpc) is 2.98. The fraction of sp³-hybridized carbons (Fsp3) is 0.625. The van der Waals surface area contributed by atoms with Crippen LogP contribution in [0.4, 0.5) is 0 Å². The first kappa shape index (κ1) is 17.3. The summed E-state index contributed by atoms with van der Waals surface area (Å²) in [4.78, 5) is 18.8. The third kappa shape index (κ3) is 3.34. The average molecular weight is 372 g/mol. The Morgan fingerprint density at radius 3 is 2.91 bits per heavy atom. The summed E-state index contributed by atoms with van der Waals surface area (Å²) >= 11 is 7.14. The highest BCUT2D eigenvalue weighted by Crippen LogP contribution is 2.60. The molecule has 1 aromatic heterocycles. The molecule has 2 heterocycles. The number of carboxylic acids is 1. The van der Waals surface area contributed by atoms with E-state index in [1.807, 2.05) is 6.92 Å². The van der Waals surface area contributed by atoms with Crippen LogP contribution in [0.15, 0.2) is 10.5 Å². The molecule has 1 aliphatic carbocycles. The normalized spacial score (nSPS) is 26.4. The van der Waals surface area contributed by atoms with Crippen molar-refractivity contribution in [2.45, 2.75) is 51.9 Å². The maximum atomic E-state index is 12.0. The number of hydrogen-bond acceptors (Lipinski definition) is 6. The zero-order valence-corrected chi connectivity index (χ0v) is 16.0. The molecule has 3 rings (SSSR count). The largest absolute Gasteiger partial charge is 0.481 e. The molecule has 1 aliphatic heterocycles. The Kier molecular flexibility index (Phi) is 4.84. The molecule has 2 atom stereocenters. The third-order valence-corrected chi connectivity index (χ3v) is 7.45. The number of rotatable bonds is 4. The molecule has 23 heavy (non-hydrogen) atoms. The van der Waals surface area contributed by atoms with E-state index in [9.17, 15) is 9.90 Å². The Labute approximate surface area is 150 Å². The number of aromatic nitrogens is 1. The van der Waals surface area contributed by atoms with Crippen molar-refractivity contribution in [3.8, 4) is 0 Å². The maximum Gasteiger partial charge on any atom is 0.312 e. The quantitative estimate of drug-likeness (QED) is 0.590. The summed E-state index contributed by atoms with van der Waals surface area (Å²) in [6.45, 7) is 6.71. The van der Waals surface area contributed by atoms with E-state index in [1.54, 1.807) is 23.1 Å². The fourth-order valence-corrected chi connectivity index (χ4v) is 6.39. The minimum Gasteiger partial charge on any atom is -0.481 e. The summed E-state index contributed by atoms with van der Waals surface area (Å²) in [5, 5.41) is 10.7. The predicted molar refractivity (Wildman–Crippen MR) is 96.7 cm³/mol. The monoisotopic (exact) mass is 371 g/mol. The van der Waals surface area contributed by atoms with Crippen LogP contribution in [-0.4, -0.2) is 16.1 Å². The summed E-state index contributed by atoms with van der Waals surface area (Å²) in [7, 11) is 0. The van der Waals surface area contributed by atoms with Crippen LogP contribution in [0.2, 0.25) is 0 Å². The van der Waals surface area contributed by atoms with Gasteiger partial charge in [-0.05, 0) is 55.0 Å². The van der Waals surface area contributed by atoms with Gasteiger partial charge in [-0.1, -0.05) is 13.8 Å². The van der Waals surface area contributed by atoms with Crippen LogP contribution < -0.4 is 0 Å². The standard InChI is InChI=1S/C16H21NO3S3/c1-8-17-10(7-20-21)13(22-8)14-12(15(18)19)9-6-16(2,3)5-4-11(9)23-14/h12,14,21H,4-7H2,1-3H3,(H,18,19). The number of hydrogen-bond donors (Lipinski definition) is 2. The molecule has 0 saturated carbocycles. The second kappa shape index (κ2) is 6.43. The van der Waals surface area contributed by atoms with Crippen LogP contribution in [0, 0.1) is 18.3 Å². The van der Waals surface area contributed by atoms with Crippen molar-refractivity contribution in [3.63, 3.8) is 0 Å². The molecule has 0 bridgehead atoms. The topological polar surface area (TPSA) is 59.4 Å². The van der Waals surface area contributed by atoms with Crippen molar-refractivity contribution < 1.29 is 14.1 Å². The highest BCUT2D eigenvalue weighted by molar-refractivity contribution is 8.03. The predicted octanol–water partition coefficient (Wildman–Crippen LogP) is 4.77. The third-order valence-electron chi connectivity index (χ3n) is 4.56. The molecule has 0 fully saturated rings. The van der Waals surface area contributed by atoms with Crippen LogP contribution >= 0.6 is 36.0 Å². The Morgan fingerprint density at radius 1 is 1.52 bits per heavy atom. The first-order chi connectivity index (χ1) is 10.8. The van der Waals surface area contributed by atoms with E-state index in [0.717, 1.165) is 40.4 Å². The molecule has 2 aliphatic rings. The highest BCUT2D eigenvalue weighted by Gasteiger charge is 2.46. The van der Waals surface area contributed by atoms with Gasteiger partial charge in [0, 0.05) is 4.88 Å². The molecule has 1 aromatic rings. The molecule has 4 nitrogen and oxygen atoms in total. The molecule has 7 heteroatoms. The van der Waals surface area contributed by atoms with Crippen molar-refractivity contribution in [2.75, 3.05) is 0 Å². The summed E-state index contributed by atoms with van der Waals surface area (Å²) in [5.74, 6) is -1.18. The van der Waals surface area contributed by atoms with Crippen LogP contribution in [0.25, 0.3) is 0 Å². The lowest BCUT2D eigenvalue weighted by molar-refractivity contribution is -0.140. The van der Waals surface area contributed by atoms with Crippen LogP contribution in [-0.2, 0) is 15.6 Å². The minimum absolute atomic E-state index is 0.0870. The van der Waals surface area contributed by atoms with Crippen molar-refractivity contribution in [1.82, 2.24) is 4.98 Å². The molecule has 0 amide bonds. The number of thiazole rings is 1. The lowest BCUT2D eigenvalue weighted by atomic mass is 9.73. The van der Waals surface area contributed by atoms with Gasteiger partial charge in [0.05, 0.1) is 21.9 Å². The molecule has 0 radical (unpaired) electrons. The fourth-order valence-electron chi connectivity index (χ4n) is 3.49. The van der Waals surface area contributed by atoms with E-state index in [-0.39, 0.29) is 10.7 Å². The van der Waals surface area contributed by atoms with Crippen molar-refractivity contribution >= 4 is 42.0 Å². The molecule has 0 aromatic carbocycles. The number of thioether (sulfide) groups is 1. The van der Waals surface area contributed by atoms with E-state index in [1.165, 1.54) is 4.91 Å². The second-order valence-electron chi connectivity index (χ2n) is 6.96. The van der Waals surface area contributed by atoms with Gasteiger partial charge in [-0.2, -0.15) is 0 Å². The zero-order chi connectivity index (χ0) is 16.8. The van der Waals surface area contributed by atoms with E-state index in [0.29, 0.717) is 6.61 Å². The molecular weight excluding hydrogens is 350 g/mol. The van der Waals surface area contributed by atoms with E-state index < -0.39 is 11.9 Å². The Hall–Kier alpha value is -0.500. The van der Waals surface area contributed by atoms with E-state index >= 15 is 0 Å². The molecular formula is C16H21NO3S3. The Bertz CT molecular complexity index is 666. The molecule has 1 N–H and O–H groups in total. The summed E-state index contributed by atoms with van der Waals surface area (Å²) < 4.78 is 4.96. The summed E-state index contributed by atoms with van der Waals surface area (Å²) in [6, 6.07) is 0. The lowest BCUT2D eigenvalue weighted by Crippen LogP contribution is -2.24.